The lowest BCUT2D eigenvalue weighted by Gasteiger charge is -2.36. The van der Waals surface area contributed by atoms with E-state index in [2.05, 4.69) is 37.8 Å². The summed E-state index contributed by atoms with van der Waals surface area (Å²) >= 11 is 0.423. The number of carbonyl (C=O) groups is 6. The molecule has 14 nitrogen and oxygen atoms in total. The van der Waals surface area contributed by atoms with Crippen LogP contribution in [0.1, 0.15) is 128 Å². The minimum atomic E-state index is -2.94. The number of nitrogens with zero attached hydrogens (tertiary/aromatic N) is 5. The maximum Gasteiger partial charge on any atom is 0.289 e. The highest BCUT2D eigenvalue weighted by Crippen LogP contribution is 2.32. The first kappa shape index (κ1) is 49.0. The van der Waals surface area contributed by atoms with E-state index in [9.17, 15) is 37.5 Å². The molecule has 2 aliphatic rings. The number of hydrogen-bond acceptors (Lipinski definition) is 11. The van der Waals surface area contributed by atoms with E-state index in [4.69, 9.17) is 0 Å². The van der Waals surface area contributed by atoms with Crippen molar-refractivity contribution in [3.05, 3.63) is 54.4 Å². The van der Waals surface area contributed by atoms with Crippen LogP contribution in [0.3, 0.4) is 0 Å². The molecular weight excluding hydrogens is 783 g/mol. The van der Waals surface area contributed by atoms with Gasteiger partial charge in [-0.25, -0.2) is 18.1 Å². The molecule has 0 radical (unpaired) electrons. The molecule has 1 aliphatic carbocycles. The zero-order valence-corrected chi connectivity index (χ0v) is 36.2. The summed E-state index contributed by atoms with van der Waals surface area (Å²) in [7, 11) is 0. The third-order valence-corrected chi connectivity index (χ3v) is 11.6. The summed E-state index contributed by atoms with van der Waals surface area (Å²) < 4.78 is 29.1. The summed E-state index contributed by atoms with van der Waals surface area (Å²) in [5, 5.41) is 7.09. The van der Waals surface area contributed by atoms with Gasteiger partial charge in [-0.15, -0.1) is 0 Å². The summed E-state index contributed by atoms with van der Waals surface area (Å²) in [4.78, 5) is 93.2. The number of rotatable bonds is 17. The second-order valence-electron chi connectivity index (χ2n) is 16.5. The molecule has 0 aromatic carbocycles. The van der Waals surface area contributed by atoms with E-state index in [1.165, 1.54) is 68.0 Å². The number of likely N-dealkylation sites (tertiary alicyclic amines) is 1. The fourth-order valence-electron chi connectivity index (χ4n) is 7.22. The van der Waals surface area contributed by atoms with Crippen molar-refractivity contribution in [1.29, 1.82) is 0 Å². The van der Waals surface area contributed by atoms with Crippen LogP contribution in [-0.2, 0) is 24.0 Å². The van der Waals surface area contributed by atoms with Crippen LogP contribution in [0.15, 0.2) is 43.1 Å². The molecule has 4 rings (SSSR count). The molecule has 0 bridgehead atoms. The second-order valence-corrected chi connectivity index (χ2v) is 17.6. The number of halogens is 2. The molecule has 2 aromatic heterocycles. The minimum absolute atomic E-state index is 0.00345. The van der Waals surface area contributed by atoms with E-state index >= 15 is 0 Å². The molecule has 1 saturated carbocycles. The van der Waals surface area contributed by atoms with Crippen LogP contribution >= 0.6 is 11.9 Å². The molecule has 3 heterocycles. The second kappa shape index (κ2) is 24.0. The lowest BCUT2D eigenvalue weighted by molar-refractivity contribution is -0.142. The zero-order chi connectivity index (χ0) is 43.7. The fraction of sp³-hybridized carbons (Fsp3) is 0.643. The van der Waals surface area contributed by atoms with Gasteiger partial charge in [-0.3, -0.25) is 38.7 Å². The van der Waals surface area contributed by atoms with Crippen LogP contribution in [0, 0.1) is 17.3 Å². The van der Waals surface area contributed by atoms with Crippen LogP contribution in [0.5, 0.6) is 0 Å². The van der Waals surface area contributed by atoms with E-state index in [0.29, 0.717) is 36.8 Å². The molecule has 1 saturated heterocycles. The van der Waals surface area contributed by atoms with Crippen molar-refractivity contribution < 1.29 is 37.5 Å². The maximum absolute atomic E-state index is 14.1. The van der Waals surface area contributed by atoms with E-state index in [-0.39, 0.29) is 18.7 Å². The molecule has 2 fully saturated rings. The zero-order valence-electron chi connectivity index (χ0n) is 35.4. The Kier molecular flexibility index (Phi) is 19.9. The molecule has 5 atom stereocenters. The van der Waals surface area contributed by atoms with Gasteiger partial charge in [-0.1, -0.05) is 80.1 Å². The van der Waals surface area contributed by atoms with Crippen LogP contribution in [0.25, 0.3) is 0 Å². The molecule has 0 spiro atoms. The van der Waals surface area contributed by atoms with E-state index in [1.807, 2.05) is 6.92 Å². The van der Waals surface area contributed by atoms with Crippen molar-refractivity contribution in [2.24, 2.45) is 17.3 Å². The third kappa shape index (κ3) is 15.6. The minimum Gasteiger partial charge on any atom is -0.343 e. The average molecular weight is 845 g/mol. The van der Waals surface area contributed by atoms with Gasteiger partial charge in [-0.2, -0.15) is 0 Å². The predicted molar refractivity (Wildman–Crippen MR) is 222 cm³/mol. The lowest BCUT2D eigenvalue weighted by Crippen LogP contribution is -2.58. The van der Waals surface area contributed by atoms with Gasteiger partial charge < -0.3 is 20.9 Å². The van der Waals surface area contributed by atoms with Crippen LogP contribution in [0.4, 0.5) is 8.78 Å². The van der Waals surface area contributed by atoms with E-state index < -0.39 is 89.5 Å². The molecule has 59 heavy (non-hydrogen) atoms. The van der Waals surface area contributed by atoms with Crippen molar-refractivity contribution >= 4 is 46.5 Å². The number of alkyl halides is 2. The van der Waals surface area contributed by atoms with Gasteiger partial charge in [0.1, 0.15) is 17.8 Å². The molecule has 4 amide bonds. The van der Waals surface area contributed by atoms with Gasteiger partial charge in [0.05, 0.1) is 31.4 Å². The fourth-order valence-corrected chi connectivity index (χ4v) is 8.42. The number of aromatic nitrogens is 3. The largest absolute Gasteiger partial charge is 0.343 e. The van der Waals surface area contributed by atoms with Gasteiger partial charge in [0.2, 0.25) is 22.7 Å². The number of ketones is 1. The van der Waals surface area contributed by atoms with Gasteiger partial charge in [0.25, 0.3) is 18.2 Å². The van der Waals surface area contributed by atoms with Crippen LogP contribution < -0.4 is 16.0 Å². The SMILES string of the molecule is CC1CCCCC1.CCCC(C)C(C(=O)C(=O)N[C@H](C)c1ccncc1)N(CC(F)F)SC(=O)C1CCCN1C(=O)C(NC(=O)CNC(=O)c1cnccn1)C(C)(C)C. The van der Waals surface area contributed by atoms with Crippen molar-refractivity contribution in [1.82, 2.24) is 40.1 Å². The molecule has 3 N–H and O–H groups in total. The Hall–Kier alpha value is -4.38. The first-order chi connectivity index (χ1) is 27.9. The molecule has 17 heteroatoms. The third-order valence-electron chi connectivity index (χ3n) is 10.5. The summed E-state index contributed by atoms with van der Waals surface area (Å²) in [5.41, 5.74) is -0.143. The highest BCUT2D eigenvalue weighted by Gasteiger charge is 2.44. The number of amides is 4. The summed E-state index contributed by atoms with van der Waals surface area (Å²) in [6, 6.07) is -0.760. The van der Waals surface area contributed by atoms with Gasteiger partial charge in [0.15, 0.2) is 0 Å². The standard InChI is InChI=1S/C35H48F2N8O6S.C7H14/c1-7-9-21(2)28(29(47)32(49)42-22(3)23-11-13-38-14-12-23)45(20-26(36)37)52-34(51)25-10-8-17-44(25)33(50)30(35(4,5)6)43-27(46)19-41-31(48)24-18-39-15-16-40-24;1-7-5-3-2-4-6-7/h11-16,18,21-22,25-26,28,30H,7-10,17,19-20H2,1-6H3,(H,41,48)(H,42,49)(H,43,46);7H,2-6H2,1H3/t21?,22-,25?,28?,30?;/m1./s1. The Morgan fingerprint density at radius 2 is 1.61 bits per heavy atom. The number of carbonyl (C=O) groups excluding carboxylic acids is 6. The first-order valence-corrected chi connectivity index (χ1v) is 21.4. The predicted octanol–water partition coefficient (Wildman–Crippen LogP) is 5.70. The highest BCUT2D eigenvalue weighted by atomic mass is 32.2. The molecule has 1 aliphatic heterocycles. The molecular formula is C42H62F2N8O6S. The maximum atomic E-state index is 14.1. The Bertz CT molecular complexity index is 1680. The lowest BCUT2D eigenvalue weighted by atomic mass is 9.85. The summed E-state index contributed by atoms with van der Waals surface area (Å²) in [6.45, 7) is 11.5. The van der Waals surface area contributed by atoms with Gasteiger partial charge >= 0.3 is 0 Å². The Labute approximate surface area is 351 Å². The smallest absolute Gasteiger partial charge is 0.289 e. The number of nitrogens with one attached hydrogen (secondary N) is 3. The van der Waals surface area contributed by atoms with Crippen molar-refractivity contribution in [2.45, 2.75) is 137 Å². The first-order valence-electron chi connectivity index (χ1n) is 20.6. The Balaban J connectivity index is 0.00000120. The normalized spacial score (nSPS) is 17.9. The van der Waals surface area contributed by atoms with Crippen LogP contribution in [0.2, 0.25) is 0 Å². The number of hydrogen-bond donors (Lipinski definition) is 3. The average Bonchev–Trinajstić information content (AvgIpc) is 3.70. The van der Waals surface area contributed by atoms with Crippen molar-refractivity contribution in [2.75, 3.05) is 19.6 Å². The Morgan fingerprint density at radius 1 is 0.932 bits per heavy atom. The van der Waals surface area contributed by atoms with E-state index in [1.54, 1.807) is 46.8 Å². The highest BCUT2D eigenvalue weighted by molar-refractivity contribution is 8.11. The quantitative estimate of drug-likeness (QED) is 0.131. The number of Topliss-reactive ketones (excluding diaryl/α,β-unsaturated/α-hetero) is 1. The number of pyridine rings is 1. The summed E-state index contributed by atoms with van der Waals surface area (Å²) in [5.74, 6) is -3.32. The van der Waals surface area contributed by atoms with Gasteiger partial charge in [0, 0.05) is 43.3 Å². The molecule has 326 valence electrons. The Morgan fingerprint density at radius 3 is 2.17 bits per heavy atom. The van der Waals surface area contributed by atoms with E-state index in [0.717, 1.165) is 10.2 Å². The van der Waals surface area contributed by atoms with Crippen LogP contribution in [-0.4, -0.2) is 103 Å². The summed E-state index contributed by atoms with van der Waals surface area (Å²) in [6.07, 6.45) is 13.2. The molecule has 2 aromatic rings. The molecule has 4 unspecified atom stereocenters. The van der Waals surface area contributed by atoms with Crippen molar-refractivity contribution in [3.8, 4) is 0 Å². The topological polar surface area (TPSA) is 184 Å². The van der Waals surface area contributed by atoms with Gasteiger partial charge in [-0.05, 0) is 61.1 Å². The van der Waals surface area contributed by atoms with Crippen molar-refractivity contribution in [3.63, 3.8) is 0 Å². The monoisotopic (exact) mass is 844 g/mol.